The molecule has 0 amide bonds. The number of rotatable bonds is 33. The highest BCUT2D eigenvalue weighted by Crippen LogP contribution is 2.59. The predicted octanol–water partition coefficient (Wildman–Crippen LogP) is 25.3. The number of hydrogen-bond acceptors (Lipinski definition) is 12. The molecule has 0 atom stereocenters. The monoisotopic (exact) mass is 1420 g/mol. The van der Waals surface area contributed by atoms with Crippen LogP contribution in [0.15, 0.2) is 103 Å². The Balaban J connectivity index is 0.000000297. The van der Waals surface area contributed by atoms with Crippen LogP contribution in [0.3, 0.4) is 0 Å². The van der Waals surface area contributed by atoms with Crippen molar-refractivity contribution in [3.8, 4) is 102 Å². The van der Waals surface area contributed by atoms with Gasteiger partial charge in [0.1, 0.15) is 69.0 Å². The SMILES string of the molecule is CCCOc1cc(OCCC)c(C)c(OCCC)c1.CCOc1c(-c2ccccc2)c(OCC)c(-c2ccccc2)c(OCC)c1-c1ccccc1.CCOc1c(C(C)(C)C)c(OCC)c(C(C)(C)C)c(OCC)c1C(C)(C)C.CCOc1c(C(C)C)c(OCC)c(C(C)C)c(OCC)c1C(C)C. The first-order chi connectivity index (χ1) is 49.0. The molecule has 0 N–H and O–H groups in total. The van der Waals surface area contributed by atoms with Crippen molar-refractivity contribution in [2.24, 2.45) is 0 Å². The largest absolute Gasteiger partial charge is 0.493 e. The fourth-order valence-electron chi connectivity index (χ4n) is 12.6. The molecule has 0 saturated heterocycles. The molecule has 0 radical (unpaired) electrons. The van der Waals surface area contributed by atoms with Gasteiger partial charge >= 0.3 is 0 Å². The Labute approximate surface area is 624 Å². The normalized spacial score (nSPS) is 11.4. The van der Waals surface area contributed by atoms with Gasteiger partial charge in [0.2, 0.25) is 0 Å². The van der Waals surface area contributed by atoms with E-state index in [9.17, 15) is 0 Å². The van der Waals surface area contributed by atoms with Crippen molar-refractivity contribution >= 4 is 0 Å². The van der Waals surface area contributed by atoms with Gasteiger partial charge in [-0.15, -0.1) is 0 Å². The van der Waals surface area contributed by atoms with E-state index >= 15 is 0 Å². The Kier molecular flexibility index (Phi) is 36.4. The third kappa shape index (κ3) is 23.3. The van der Waals surface area contributed by atoms with Crippen LogP contribution in [0.25, 0.3) is 33.4 Å². The van der Waals surface area contributed by atoms with E-state index in [0.717, 1.165) is 144 Å². The molecule has 7 aromatic rings. The van der Waals surface area contributed by atoms with E-state index in [1.54, 1.807) is 0 Å². The summed E-state index contributed by atoms with van der Waals surface area (Å²) in [7, 11) is 0. The summed E-state index contributed by atoms with van der Waals surface area (Å²) in [6, 6.07) is 34.9. The molecule has 0 aliphatic carbocycles. The summed E-state index contributed by atoms with van der Waals surface area (Å²) < 4.78 is 73.7. The van der Waals surface area contributed by atoms with Gasteiger partial charge in [0.25, 0.3) is 0 Å². The molecule has 0 heterocycles. The molecule has 0 aromatic heterocycles. The van der Waals surface area contributed by atoms with Crippen molar-refractivity contribution in [3.05, 3.63) is 142 Å². The molecular weight excluding hydrogens is 1280 g/mol. The summed E-state index contributed by atoms with van der Waals surface area (Å²) in [6.07, 6.45) is 2.97. The van der Waals surface area contributed by atoms with Crippen molar-refractivity contribution in [2.75, 3.05) is 79.3 Å². The van der Waals surface area contributed by atoms with Crippen LogP contribution in [0, 0.1) is 6.92 Å². The van der Waals surface area contributed by atoms with Crippen LogP contribution in [0.5, 0.6) is 69.0 Å². The first kappa shape index (κ1) is 87.5. The molecule has 12 nitrogen and oxygen atoms in total. The van der Waals surface area contributed by atoms with Crippen LogP contribution in [0.1, 0.15) is 263 Å². The lowest BCUT2D eigenvalue weighted by Crippen LogP contribution is -2.27. The van der Waals surface area contributed by atoms with E-state index < -0.39 is 0 Å². The average molecular weight is 1420 g/mol. The number of benzene rings is 7. The Hall–Kier alpha value is -7.86. The van der Waals surface area contributed by atoms with Crippen molar-refractivity contribution in [1.82, 2.24) is 0 Å². The summed E-state index contributed by atoms with van der Waals surface area (Å²) in [5, 5.41) is 0. The smallest absolute Gasteiger partial charge is 0.142 e. The van der Waals surface area contributed by atoms with Crippen molar-refractivity contribution in [3.63, 3.8) is 0 Å². The van der Waals surface area contributed by atoms with E-state index in [1.165, 1.54) is 16.7 Å². The molecular formula is C91H134O12. The summed E-state index contributed by atoms with van der Waals surface area (Å²) in [6.45, 7) is 67.3. The minimum Gasteiger partial charge on any atom is -0.493 e. The fraction of sp³-hybridized carbons (Fsp3) is 0.538. The maximum Gasteiger partial charge on any atom is 0.142 e. The Morgan fingerprint density at radius 3 is 0.689 bits per heavy atom. The van der Waals surface area contributed by atoms with Gasteiger partial charge in [0, 0.05) is 51.1 Å². The van der Waals surface area contributed by atoms with Crippen LogP contribution in [0.2, 0.25) is 0 Å². The highest BCUT2D eigenvalue weighted by atomic mass is 16.5. The van der Waals surface area contributed by atoms with Crippen LogP contribution in [-0.4, -0.2) is 79.3 Å². The second-order valence-electron chi connectivity index (χ2n) is 29.3. The quantitative estimate of drug-likeness (QED) is 0.0391. The fourth-order valence-corrected chi connectivity index (χ4v) is 12.6. The van der Waals surface area contributed by atoms with Crippen molar-refractivity contribution in [2.45, 2.75) is 247 Å². The highest BCUT2D eigenvalue weighted by Gasteiger charge is 2.41. The molecule has 12 heteroatoms. The lowest BCUT2D eigenvalue weighted by Gasteiger charge is -2.37. The first-order valence-electron chi connectivity index (χ1n) is 38.6. The van der Waals surface area contributed by atoms with Gasteiger partial charge in [-0.2, -0.15) is 0 Å². The van der Waals surface area contributed by atoms with Gasteiger partial charge in [-0.1, -0.05) is 216 Å². The maximum absolute atomic E-state index is 6.38. The van der Waals surface area contributed by atoms with Crippen LogP contribution in [0.4, 0.5) is 0 Å². The minimum atomic E-state index is -0.125. The van der Waals surface area contributed by atoms with Gasteiger partial charge in [-0.25, -0.2) is 0 Å². The molecule has 7 rings (SSSR count). The molecule has 0 saturated carbocycles. The van der Waals surface area contributed by atoms with E-state index in [0.29, 0.717) is 97.0 Å². The predicted molar refractivity (Wildman–Crippen MR) is 433 cm³/mol. The molecule has 0 aliphatic rings. The van der Waals surface area contributed by atoms with Gasteiger partial charge in [0.15, 0.2) is 0 Å². The lowest BCUT2D eigenvalue weighted by atomic mass is 9.73. The van der Waals surface area contributed by atoms with Gasteiger partial charge in [-0.05, 0) is 139 Å². The van der Waals surface area contributed by atoms with E-state index in [-0.39, 0.29) is 16.2 Å². The second-order valence-corrected chi connectivity index (χ2v) is 29.3. The number of ether oxygens (including phenoxy) is 12. The highest BCUT2D eigenvalue weighted by molar-refractivity contribution is 5.99. The molecule has 0 spiro atoms. The third-order valence-electron chi connectivity index (χ3n) is 16.6. The average Bonchev–Trinajstić information content (AvgIpc) is 0.700. The molecule has 0 aliphatic heterocycles. The molecule has 0 unspecified atom stereocenters. The van der Waals surface area contributed by atoms with Crippen LogP contribution >= 0.6 is 0 Å². The lowest BCUT2D eigenvalue weighted by molar-refractivity contribution is 0.271. The van der Waals surface area contributed by atoms with Crippen LogP contribution < -0.4 is 56.8 Å². The molecule has 0 bridgehead atoms. The Morgan fingerprint density at radius 2 is 0.485 bits per heavy atom. The Morgan fingerprint density at radius 1 is 0.272 bits per heavy atom. The van der Waals surface area contributed by atoms with Gasteiger partial charge < -0.3 is 56.8 Å². The standard InChI is InChI=1S/C30H30O3.C24H42O3.C21H36O3.C16H26O3/c1-4-31-28-25(22-16-10-7-11-17-22)29(32-5-2)27(24-20-14-9-15-21-24)30(33-6-3)26(28)23-18-12-8-13-19-23;1-13-25-19-16(22(4,5)6)20(26-14-2)18(24(10,11)12)21(27-15-3)17(19)23(7,8)9;1-10-22-19-16(13(4)5)20(23-11-2)18(15(8)9)21(24-12-3)17(19)14(6)7;1-5-8-17-14-11-15(18-9-6-2)13(4)16(12-14)19-10-7-3/h7-21H,4-6H2,1-3H3;13-15H2,1-12H3;13-15H,10-12H2,1-9H3;11-12H,5-10H2,1-4H3. The topological polar surface area (TPSA) is 111 Å². The van der Waals surface area contributed by atoms with Crippen LogP contribution in [-0.2, 0) is 16.2 Å². The second kappa shape index (κ2) is 42.8. The van der Waals surface area contributed by atoms with Gasteiger partial charge in [0.05, 0.1) is 96.0 Å². The Bertz CT molecular complexity index is 3210. The molecule has 0 fully saturated rings. The van der Waals surface area contributed by atoms with Crippen molar-refractivity contribution < 1.29 is 56.8 Å². The van der Waals surface area contributed by atoms with Gasteiger partial charge in [-0.3, -0.25) is 0 Å². The summed E-state index contributed by atoms with van der Waals surface area (Å²) >= 11 is 0. The van der Waals surface area contributed by atoms with E-state index in [2.05, 4.69) is 161 Å². The van der Waals surface area contributed by atoms with E-state index in [4.69, 9.17) is 56.8 Å². The molecule has 570 valence electrons. The zero-order valence-electron chi connectivity index (χ0n) is 69.1. The summed E-state index contributed by atoms with van der Waals surface area (Å²) in [5.41, 5.74) is 13.6. The zero-order chi connectivity index (χ0) is 76.8. The molecule has 103 heavy (non-hydrogen) atoms. The zero-order valence-corrected chi connectivity index (χ0v) is 69.1. The minimum absolute atomic E-state index is 0.125. The maximum atomic E-state index is 6.38. The molecule has 7 aromatic carbocycles. The number of hydrogen-bond donors (Lipinski definition) is 0. The first-order valence-corrected chi connectivity index (χ1v) is 38.6. The third-order valence-corrected chi connectivity index (χ3v) is 16.6. The van der Waals surface area contributed by atoms with E-state index in [1.807, 2.05) is 136 Å². The van der Waals surface area contributed by atoms with Crippen molar-refractivity contribution in [1.29, 1.82) is 0 Å². The summed E-state index contributed by atoms with van der Waals surface area (Å²) in [5.74, 6) is 11.5. The summed E-state index contributed by atoms with van der Waals surface area (Å²) in [4.78, 5) is 0.